The van der Waals surface area contributed by atoms with Crippen molar-refractivity contribution in [3.8, 4) is 11.1 Å². The highest BCUT2D eigenvalue weighted by Gasteiger charge is 2.30. The zero-order chi connectivity index (χ0) is 22.4. The Hall–Kier alpha value is -3.00. The van der Waals surface area contributed by atoms with E-state index in [2.05, 4.69) is 22.8 Å². The van der Waals surface area contributed by atoms with Crippen molar-refractivity contribution in [1.29, 1.82) is 0 Å². The highest BCUT2D eigenvalue weighted by Crippen LogP contribution is 2.44. The summed E-state index contributed by atoms with van der Waals surface area (Å²) >= 11 is 1.53. The molecular weight excluding hydrogens is 416 g/mol. The third kappa shape index (κ3) is 5.38. The molecule has 0 radical (unpaired) electrons. The summed E-state index contributed by atoms with van der Waals surface area (Å²) in [4.78, 5) is 35.9. The number of hydrogen-bond donors (Lipinski definition) is 3. The third-order valence-electron chi connectivity index (χ3n) is 5.29. The summed E-state index contributed by atoms with van der Waals surface area (Å²) in [5.41, 5.74) is 4.46. The molecule has 0 saturated heterocycles. The van der Waals surface area contributed by atoms with E-state index in [1.165, 1.54) is 18.7 Å². The molecular formula is C23H26N2O5S. The Bertz CT molecular complexity index is 919. The zero-order valence-electron chi connectivity index (χ0n) is 17.5. The van der Waals surface area contributed by atoms with Crippen LogP contribution in [-0.2, 0) is 14.3 Å². The van der Waals surface area contributed by atoms with E-state index in [4.69, 9.17) is 9.84 Å². The lowest BCUT2D eigenvalue weighted by Crippen LogP contribution is -2.51. The Labute approximate surface area is 185 Å². The second kappa shape index (κ2) is 10.3. The highest BCUT2D eigenvalue weighted by molar-refractivity contribution is 7.98. The van der Waals surface area contributed by atoms with Crippen molar-refractivity contribution in [2.45, 2.75) is 31.3 Å². The number of benzene rings is 2. The molecule has 31 heavy (non-hydrogen) atoms. The number of fused-ring (bicyclic) bond motifs is 3. The molecule has 7 nitrogen and oxygen atoms in total. The second-order valence-electron chi connectivity index (χ2n) is 7.37. The Morgan fingerprint density at radius 3 is 2.16 bits per heavy atom. The number of carbonyl (C=O) groups is 3. The molecule has 1 aliphatic rings. The van der Waals surface area contributed by atoms with Crippen LogP contribution in [0.25, 0.3) is 11.1 Å². The molecule has 0 heterocycles. The standard InChI is InChI=1S/C23H26N2O5S/c1-14(22(27)28)24-21(26)20(11-12-31-2)25-23(29)30-13-19-17-9-5-3-7-15(17)16-8-4-6-10-18(16)19/h3-10,14,19-20H,11-13H2,1-2H3,(H,24,26)(H,25,29)(H,27,28). The SMILES string of the molecule is CSCCC(NC(=O)OCC1c2ccccc2-c2ccccc21)C(=O)NC(C)C(=O)O. The van der Waals surface area contributed by atoms with Crippen molar-refractivity contribution >= 4 is 29.7 Å². The van der Waals surface area contributed by atoms with E-state index in [-0.39, 0.29) is 12.5 Å². The third-order valence-corrected chi connectivity index (χ3v) is 5.94. The van der Waals surface area contributed by atoms with Gasteiger partial charge in [0.25, 0.3) is 0 Å². The smallest absolute Gasteiger partial charge is 0.407 e. The van der Waals surface area contributed by atoms with Crippen LogP contribution < -0.4 is 10.6 Å². The predicted octanol–water partition coefficient (Wildman–Crippen LogP) is 3.24. The number of thioether (sulfide) groups is 1. The average Bonchev–Trinajstić information content (AvgIpc) is 3.08. The van der Waals surface area contributed by atoms with E-state index < -0.39 is 30.1 Å². The lowest BCUT2D eigenvalue weighted by molar-refractivity contribution is -0.141. The number of ether oxygens (including phenoxy) is 1. The summed E-state index contributed by atoms with van der Waals surface area (Å²) in [6, 6.07) is 14.2. The number of carbonyl (C=O) groups excluding carboxylic acids is 2. The number of aliphatic carboxylic acids is 1. The fraction of sp³-hybridized carbons (Fsp3) is 0.348. The van der Waals surface area contributed by atoms with Crippen molar-refractivity contribution in [3.05, 3.63) is 59.7 Å². The average molecular weight is 443 g/mol. The number of amides is 2. The quantitative estimate of drug-likeness (QED) is 0.551. The van der Waals surface area contributed by atoms with Crippen molar-refractivity contribution in [1.82, 2.24) is 10.6 Å². The summed E-state index contributed by atoms with van der Waals surface area (Å²) in [7, 11) is 0. The van der Waals surface area contributed by atoms with E-state index in [0.717, 1.165) is 22.3 Å². The van der Waals surface area contributed by atoms with Gasteiger partial charge in [-0.15, -0.1) is 0 Å². The minimum absolute atomic E-state index is 0.0799. The van der Waals surface area contributed by atoms with Gasteiger partial charge in [0.15, 0.2) is 0 Å². The first-order valence-corrected chi connectivity index (χ1v) is 11.5. The summed E-state index contributed by atoms with van der Waals surface area (Å²) in [5.74, 6) is -1.14. The van der Waals surface area contributed by atoms with Crippen LogP contribution in [-0.4, -0.2) is 53.8 Å². The minimum atomic E-state index is -1.14. The maximum absolute atomic E-state index is 12.5. The molecule has 3 rings (SSSR count). The number of rotatable bonds is 9. The summed E-state index contributed by atoms with van der Waals surface area (Å²) in [5, 5.41) is 14.0. The molecule has 2 aromatic carbocycles. The first-order valence-electron chi connectivity index (χ1n) is 10.1. The molecule has 0 saturated carbocycles. The summed E-state index contributed by atoms with van der Waals surface area (Å²) in [6.45, 7) is 1.52. The maximum atomic E-state index is 12.5. The number of carboxylic acid groups (broad SMARTS) is 1. The first kappa shape index (κ1) is 22.7. The van der Waals surface area contributed by atoms with Crippen LogP contribution in [0.4, 0.5) is 4.79 Å². The Kier molecular flexibility index (Phi) is 7.57. The number of carboxylic acids is 1. The molecule has 2 aromatic rings. The van der Waals surface area contributed by atoms with Crippen LogP contribution in [0.3, 0.4) is 0 Å². The fourth-order valence-corrected chi connectivity index (χ4v) is 4.13. The molecule has 0 aromatic heterocycles. The molecule has 3 N–H and O–H groups in total. The van der Waals surface area contributed by atoms with E-state index in [0.29, 0.717) is 12.2 Å². The second-order valence-corrected chi connectivity index (χ2v) is 8.36. The van der Waals surface area contributed by atoms with E-state index in [1.807, 2.05) is 42.7 Å². The molecule has 0 fully saturated rings. The van der Waals surface area contributed by atoms with Crippen LogP contribution in [0.5, 0.6) is 0 Å². The number of alkyl carbamates (subject to hydrolysis) is 1. The monoisotopic (exact) mass is 442 g/mol. The molecule has 0 aliphatic heterocycles. The van der Waals surface area contributed by atoms with Gasteiger partial charge in [0.05, 0.1) is 0 Å². The maximum Gasteiger partial charge on any atom is 0.407 e. The lowest BCUT2D eigenvalue weighted by Gasteiger charge is -2.20. The van der Waals surface area contributed by atoms with Crippen molar-refractivity contribution in [2.24, 2.45) is 0 Å². The highest BCUT2D eigenvalue weighted by atomic mass is 32.2. The Balaban J connectivity index is 1.65. The minimum Gasteiger partial charge on any atom is -0.480 e. The topological polar surface area (TPSA) is 105 Å². The van der Waals surface area contributed by atoms with Gasteiger partial charge in [-0.1, -0.05) is 48.5 Å². The van der Waals surface area contributed by atoms with Crippen LogP contribution in [0.1, 0.15) is 30.4 Å². The van der Waals surface area contributed by atoms with Gasteiger partial charge in [-0.25, -0.2) is 4.79 Å². The molecule has 2 amide bonds. The molecule has 1 aliphatic carbocycles. The van der Waals surface area contributed by atoms with E-state index in [1.54, 1.807) is 0 Å². The van der Waals surface area contributed by atoms with Gasteiger partial charge in [0, 0.05) is 5.92 Å². The zero-order valence-corrected chi connectivity index (χ0v) is 18.3. The van der Waals surface area contributed by atoms with Gasteiger partial charge in [0.2, 0.25) is 5.91 Å². The Morgan fingerprint density at radius 2 is 1.61 bits per heavy atom. The summed E-state index contributed by atoms with van der Waals surface area (Å²) in [6.07, 6.45) is 1.55. The molecule has 8 heteroatoms. The largest absolute Gasteiger partial charge is 0.480 e. The van der Waals surface area contributed by atoms with E-state index >= 15 is 0 Å². The van der Waals surface area contributed by atoms with Crippen LogP contribution >= 0.6 is 11.8 Å². The Morgan fingerprint density at radius 1 is 1.03 bits per heavy atom. The molecule has 2 atom stereocenters. The molecule has 0 spiro atoms. The number of nitrogens with one attached hydrogen (secondary N) is 2. The van der Waals surface area contributed by atoms with Gasteiger partial charge < -0.3 is 20.5 Å². The van der Waals surface area contributed by atoms with Crippen LogP contribution in [0, 0.1) is 0 Å². The lowest BCUT2D eigenvalue weighted by atomic mass is 9.98. The van der Waals surface area contributed by atoms with Gasteiger partial charge in [0.1, 0.15) is 18.7 Å². The first-order chi connectivity index (χ1) is 14.9. The van der Waals surface area contributed by atoms with Crippen molar-refractivity contribution < 1.29 is 24.2 Å². The normalized spacial score (nSPS) is 14.1. The molecule has 164 valence electrons. The predicted molar refractivity (Wildman–Crippen MR) is 120 cm³/mol. The van der Waals surface area contributed by atoms with E-state index in [9.17, 15) is 14.4 Å². The number of hydrogen-bond acceptors (Lipinski definition) is 5. The van der Waals surface area contributed by atoms with Gasteiger partial charge in [-0.2, -0.15) is 11.8 Å². The summed E-state index contributed by atoms with van der Waals surface area (Å²) < 4.78 is 5.50. The van der Waals surface area contributed by atoms with Crippen LogP contribution in [0.2, 0.25) is 0 Å². The van der Waals surface area contributed by atoms with Crippen molar-refractivity contribution in [2.75, 3.05) is 18.6 Å². The van der Waals surface area contributed by atoms with Crippen molar-refractivity contribution in [3.63, 3.8) is 0 Å². The van der Waals surface area contributed by atoms with Gasteiger partial charge in [-0.05, 0) is 47.6 Å². The van der Waals surface area contributed by atoms with Crippen LogP contribution in [0.15, 0.2) is 48.5 Å². The van der Waals surface area contributed by atoms with Gasteiger partial charge in [-0.3, -0.25) is 9.59 Å². The van der Waals surface area contributed by atoms with Gasteiger partial charge >= 0.3 is 12.1 Å². The molecule has 0 bridgehead atoms. The molecule has 2 unspecified atom stereocenters. The fourth-order valence-electron chi connectivity index (χ4n) is 3.66.